The summed E-state index contributed by atoms with van der Waals surface area (Å²) in [4.78, 5) is 9.91. The second-order valence-electron chi connectivity index (χ2n) is 7.26. The second-order valence-corrected chi connectivity index (χ2v) is 8.13. The van der Waals surface area contributed by atoms with Crippen LogP contribution in [0.3, 0.4) is 0 Å². The van der Waals surface area contributed by atoms with Crippen molar-refractivity contribution in [1.29, 1.82) is 0 Å². The highest BCUT2D eigenvalue weighted by molar-refractivity contribution is 14.0. The minimum Gasteiger partial charge on any atom is -0.493 e. The summed E-state index contributed by atoms with van der Waals surface area (Å²) >= 11 is 1.63. The average molecular weight is 541 g/mol. The van der Waals surface area contributed by atoms with Crippen molar-refractivity contribution in [3.05, 3.63) is 52.8 Å². The van der Waals surface area contributed by atoms with Crippen LogP contribution in [0.2, 0.25) is 0 Å². The number of benzene rings is 1. The first-order valence-electron chi connectivity index (χ1n) is 9.87. The molecule has 1 saturated heterocycles. The summed E-state index contributed by atoms with van der Waals surface area (Å²) in [6, 6.07) is 6.32. The third kappa shape index (κ3) is 5.86. The minimum atomic E-state index is 0. The van der Waals surface area contributed by atoms with Crippen LogP contribution in [-0.2, 0) is 17.8 Å². The highest BCUT2D eigenvalue weighted by Crippen LogP contribution is 2.22. The van der Waals surface area contributed by atoms with Gasteiger partial charge in [-0.05, 0) is 25.0 Å². The van der Waals surface area contributed by atoms with Gasteiger partial charge >= 0.3 is 0 Å². The number of aryl methyl sites for hydroxylation is 1. The number of nitrogens with zero attached hydrogens (tertiary/aromatic N) is 3. The highest BCUT2D eigenvalue weighted by atomic mass is 127. The zero-order chi connectivity index (χ0) is 20.1. The molecule has 2 aromatic heterocycles. The fourth-order valence-electron chi connectivity index (χ4n) is 3.30. The molecule has 1 atom stereocenters. The maximum absolute atomic E-state index is 6.13. The van der Waals surface area contributed by atoms with E-state index in [4.69, 9.17) is 9.47 Å². The Morgan fingerprint density at radius 2 is 2.23 bits per heavy atom. The maximum atomic E-state index is 6.13. The van der Waals surface area contributed by atoms with Crippen LogP contribution in [-0.4, -0.2) is 42.2 Å². The zero-order valence-electron chi connectivity index (χ0n) is 17.3. The minimum absolute atomic E-state index is 0. The Bertz CT molecular complexity index is 952. The van der Waals surface area contributed by atoms with E-state index in [1.165, 1.54) is 5.56 Å². The predicted octanol–water partition coefficient (Wildman–Crippen LogP) is 3.60. The van der Waals surface area contributed by atoms with Gasteiger partial charge in [-0.15, -0.1) is 35.3 Å². The molecule has 4 rings (SSSR count). The van der Waals surface area contributed by atoms with Gasteiger partial charge < -0.3 is 20.1 Å². The average Bonchev–Trinajstić information content (AvgIpc) is 3.45. The van der Waals surface area contributed by atoms with E-state index in [2.05, 4.69) is 45.7 Å². The molecule has 0 amide bonds. The van der Waals surface area contributed by atoms with E-state index in [9.17, 15) is 0 Å². The van der Waals surface area contributed by atoms with Crippen molar-refractivity contribution in [3.8, 4) is 5.75 Å². The Morgan fingerprint density at radius 3 is 3.00 bits per heavy atom. The molecule has 30 heavy (non-hydrogen) atoms. The van der Waals surface area contributed by atoms with Gasteiger partial charge in [0.05, 0.1) is 25.5 Å². The SMILES string of the molecule is CN=C(NCc1cn2ccsc2n1)NCc1ccc(C)cc1OCC1CCOC1.I. The Morgan fingerprint density at radius 1 is 1.37 bits per heavy atom. The first kappa shape index (κ1) is 22.8. The first-order valence-corrected chi connectivity index (χ1v) is 10.7. The number of hydrogen-bond donors (Lipinski definition) is 2. The van der Waals surface area contributed by atoms with Crippen molar-refractivity contribution in [1.82, 2.24) is 20.0 Å². The number of halogens is 1. The molecule has 0 bridgehead atoms. The molecule has 162 valence electrons. The Balaban J connectivity index is 0.00000256. The van der Waals surface area contributed by atoms with Crippen LogP contribution in [0, 0.1) is 12.8 Å². The Kier molecular flexibility index (Phi) is 8.34. The molecule has 7 nitrogen and oxygen atoms in total. The molecular formula is C21H28IN5O2S. The number of hydrogen-bond acceptors (Lipinski definition) is 5. The van der Waals surface area contributed by atoms with Gasteiger partial charge in [0.1, 0.15) is 5.75 Å². The molecule has 0 aliphatic carbocycles. The van der Waals surface area contributed by atoms with Crippen LogP contribution in [0.5, 0.6) is 5.75 Å². The first-order chi connectivity index (χ1) is 14.2. The molecule has 3 aromatic rings. The molecule has 1 fully saturated rings. The Labute approximate surface area is 197 Å². The molecule has 1 aliphatic rings. The van der Waals surface area contributed by atoms with E-state index in [-0.39, 0.29) is 24.0 Å². The smallest absolute Gasteiger partial charge is 0.193 e. The highest BCUT2D eigenvalue weighted by Gasteiger charge is 2.17. The molecule has 0 radical (unpaired) electrons. The molecule has 0 spiro atoms. The summed E-state index contributed by atoms with van der Waals surface area (Å²) in [6.45, 7) is 5.66. The van der Waals surface area contributed by atoms with Crippen molar-refractivity contribution in [3.63, 3.8) is 0 Å². The lowest BCUT2D eigenvalue weighted by molar-refractivity contribution is 0.166. The largest absolute Gasteiger partial charge is 0.493 e. The fourth-order valence-corrected chi connectivity index (χ4v) is 4.02. The zero-order valence-corrected chi connectivity index (χ0v) is 20.4. The van der Waals surface area contributed by atoms with Crippen LogP contribution < -0.4 is 15.4 Å². The van der Waals surface area contributed by atoms with Crippen molar-refractivity contribution in [2.75, 3.05) is 26.9 Å². The summed E-state index contributed by atoms with van der Waals surface area (Å²) in [5.41, 5.74) is 3.28. The fraction of sp³-hybridized carbons (Fsp3) is 0.429. The lowest BCUT2D eigenvalue weighted by Crippen LogP contribution is -2.36. The van der Waals surface area contributed by atoms with E-state index < -0.39 is 0 Å². The van der Waals surface area contributed by atoms with Gasteiger partial charge in [-0.3, -0.25) is 9.39 Å². The molecule has 9 heteroatoms. The third-order valence-corrected chi connectivity index (χ3v) is 5.74. The number of aromatic nitrogens is 2. The van der Waals surface area contributed by atoms with Crippen LogP contribution in [0.4, 0.5) is 0 Å². The van der Waals surface area contributed by atoms with Crippen LogP contribution in [0.25, 0.3) is 4.96 Å². The van der Waals surface area contributed by atoms with Crippen molar-refractivity contribution >= 4 is 46.2 Å². The maximum Gasteiger partial charge on any atom is 0.193 e. The van der Waals surface area contributed by atoms with E-state index in [1.807, 2.05) is 22.2 Å². The van der Waals surface area contributed by atoms with Crippen molar-refractivity contribution < 1.29 is 9.47 Å². The summed E-state index contributed by atoms with van der Waals surface area (Å²) < 4.78 is 13.6. The molecule has 1 unspecified atom stereocenters. The topological polar surface area (TPSA) is 72.2 Å². The number of rotatable bonds is 7. The quantitative estimate of drug-likeness (QED) is 0.272. The second kappa shape index (κ2) is 11.0. The molecule has 1 aromatic carbocycles. The van der Waals surface area contributed by atoms with Gasteiger partial charge in [0.2, 0.25) is 0 Å². The van der Waals surface area contributed by atoms with Gasteiger partial charge in [0, 0.05) is 49.5 Å². The molecule has 0 saturated carbocycles. The summed E-state index contributed by atoms with van der Waals surface area (Å²) in [6.07, 6.45) is 5.12. The van der Waals surface area contributed by atoms with E-state index in [0.29, 0.717) is 25.6 Å². The molecular weight excluding hydrogens is 513 g/mol. The molecule has 1 aliphatic heterocycles. The monoisotopic (exact) mass is 541 g/mol. The molecule has 3 heterocycles. The predicted molar refractivity (Wildman–Crippen MR) is 131 cm³/mol. The van der Waals surface area contributed by atoms with Gasteiger partial charge in [0.15, 0.2) is 10.9 Å². The van der Waals surface area contributed by atoms with E-state index in [1.54, 1.807) is 18.4 Å². The normalized spacial score (nSPS) is 16.5. The summed E-state index contributed by atoms with van der Waals surface area (Å²) in [5, 5.41) is 8.73. The van der Waals surface area contributed by atoms with Crippen LogP contribution >= 0.6 is 35.3 Å². The number of guanidine groups is 1. The number of imidazole rings is 1. The lowest BCUT2D eigenvalue weighted by Gasteiger charge is -2.16. The number of thiazole rings is 1. The van der Waals surface area contributed by atoms with Gasteiger partial charge in [-0.25, -0.2) is 4.98 Å². The summed E-state index contributed by atoms with van der Waals surface area (Å²) in [7, 11) is 1.77. The van der Waals surface area contributed by atoms with Gasteiger partial charge in [0.25, 0.3) is 0 Å². The van der Waals surface area contributed by atoms with Crippen LogP contribution in [0.1, 0.15) is 23.2 Å². The standard InChI is InChI=1S/C21H27N5O2S.HI/c1-15-3-4-17(19(9-15)28-14-16-5-7-27-13-16)10-23-20(22-2)24-11-18-12-26-6-8-29-21(26)25-18;/h3-4,6,8-9,12,16H,5,7,10-11,13-14H2,1-2H3,(H2,22,23,24);1H. The van der Waals surface area contributed by atoms with Gasteiger partial charge in [-0.2, -0.15) is 0 Å². The van der Waals surface area contributed by atoms with E-state index in [0.717, 1.165) is 47.6 Å². The van der Waals surface area contributed by atoms with Crippen molar-refractivity contribution in [2.24, 2.45) is 10.9 Å². The lowest BCUT2D eigenvalue weighted by atomic mass is 10.1. The number of nitrogens with one attached hydrogen (secondary N) is 2. The number of fused-ring (bicyclic) bond motifs is 1. The van der Waals surface area contributed by atoms with E-state index >= 15 is 0 Å². The van der Waals surface area contributed by atoms with Crippen LogP contribution in [0.15, 0.2) is 41.0 Å². The summed E-state index contributed by atoms with van der Waals surface area (Å²) in [5.74, 6) is 2.14. The Hall–Kier alpha value is -1.85. The molecule has 2 N–H and O–H groups in total. The number of ether oxygens (including phenoxy) is 2. The third-order valence-electron chi connectivity index (χ3n) is 4.97. The van der Waals surface area contributed by atoms with Gasteiger partial charge in [-0.1, -0.05) is 12.1 Å². The number of aliphatic imine (C=N–C) groups is 1. The van der Waals surface area contributed by atoms with Crippen molar-refractivity contribution in [2.45, 2.75) is 26.4 Å².